The molecular formula is C21H18FN5O. The highest BCUT2D eigenvalue weighted by molar-refractivity contribution is 6.07. The Hall–Kier alpha value is -3.61. The van der Waals surface area contributed by atoms with Gasteiger partial charge in [-0.25, -0.2) is 9.37 Å². The lowest BCUT2D eigenvalue weighted by Gasteiger charge is -2.18. The molecule has 0 radical (unpaired) electrons. The van der Waals surface area contributed by atoms with Crippen LogP contribution in [0.2, 0.25) is 0 Å². The van der Waals surface area contributed by atoms with Crippen LogP contribution in [0.4, 0.5) is 4.39 Å². The minimum atomic E-state index is -0.414. The highest BCUT2D eigenvalue weighted by Crippen LogP contribution is 2.26. The molecule has 3 heterocycles. The van der Waals surface area contributed by atoms with Crippen LogP contribution in [0.3, 0.4) is 0 Å². The van der Waals surface area contributed by atoms with Crippen LogP contribution in [-0.2, 0) is 6.54 Å². The van der Waals surface area contributed by atoms with Gasteiger partial charge < -0.3 is 4.90 Å². The van der Waals surface area contributed by atoms with Crippen molar-refractivity contribution < 1.29 is 9.18 Å². The molecule has 4 aromatic rings. The zero-order chi connectivity index (χ0) is 19.7. The summed E-state index contributed by atoms with van der Waals surface area (Å²) in [7, 11) is 1.70. The van der Waals surface area contributed by atoms with Crippen LogP contribution in [-0.4, -0.2) is 38.0 Å². The van der Waals surface area contributed by atoms with Crippen molar-refractivity contribution in [3.63, 3.8) is 0 Å². The monoisotopic (exact) mass is 375 g/mol. The Morgan fingerprint density at radius 2 is 2.04 bits per heavy atom. The minimum absolute atomic E-state index is 0.231. The molecule has 0 aliphatic carbocycles. The Kier molecular flexibility index (Phi) is 4.57. The van der Waals surface area contributed by atoms with Gasteiger partial charge in [0, 0.05) is 29.9 Å². The Morgan fingerprint density at radius 3 is 2.79 bits per heavy atom. The average Bonchev–Trinajstić information content (AvgIpc) is 3.21. The molecule has 0 bridgehead atoms. The molecule has 1 N–H and O–H groups in total. The molecule has 6 nitrogen and oxygen atoms in total. The van der Waals surface area contributed by atoms with E-state index >= 15 is 0 Å². The normalized spacial score (nSPS) is 11.0. The predicted octanol–water partition coefficient (Wildman–Crippen LogP) is 3.74. The molecule has 1 aromatic carbocycles. The van der Waals surface area contributed by atoms with E-state index in [0.29, 0.717) is 28.7 Å². The van der Waals surface area contributed by atoms with Crippen molar-refractivity contribution in [1.29, 1.82) is 0 Å². The molecule has 0 aliphatic heterocycles. The van der Waals surface area contributed by atoms with Gasteiger partial charge in [-0.05, 0) is 43.3 Å². The van der Waals surface area contributed by atoms with Crippen molar-refractivity contribution in [2.24, 2.45) is 0 Å². The quantitative estimate of drug-likeness (QED) is 0.590. The van der Waals surface area contributed by atoms with Gasteiger partial charge in [0.2, 0.25) is 0 Å². The fourth-order valence-corrected chi connectivity index (χ4v) is 3.12. The van der Waals surface area contributed by atoms with Crippen molar-refractivity contribution in [2.45, 2.75) is 13.5 Å². The summed E-state index contributed by atoms with van der Waals surface area (Å²) in [5.41, 5.74) is 3.95. The summed E-state index contributed by atoms with van der Waals surface area (Å²) in [6.07, 6.45) is 3.33. The first-order chi connectivity index (χ1) is 13.5. The maximum Gasteiger partial charge on any atom is 0.254 e. The van der Waals surface area contributed by atoms with Gasteiger partial charge in [-0.3, -0.25) is 14.9 Å². The van der Waals surface area contributed by atoms with Crippen LogP contribution in [0, 0.1) is 12.7 Å². The maximum absolute atomic E-state index is 13.9. The molecular weight excluding hydrogens is 357 g/mol. The van der Waals surface area contributed by atoms with Gasteiger partial charge in [0.05, 0.1) is 35.2 Å². The zero-order valence-corrected chi connectivity index (χ0v) is 15.5. The smallest absolute Gasteiger partial charge is 0.254 e. The topological polar surface area (TPSA) is 74.8 Å². The summed E-state index contributed by atoms with van der Waals surface area (Å²) in [5.74, 6) is -0.645. The first-order valence-electron chi connectivity index (χ1n) is 8.79. The highest BCUT2D eigenvalue weighted by Gasteiger charge is 2.19. The Morgan fingerprint density at radius 1 is 1.18 bits per heavy atom. The van der Waals surface area contributed by atoms with Gasteiger partial charge in [-0.1, -0.05) is 6.07 Å². The number of rotatable bonds is 4. The highest BCUT2D eigenvalue weighted by atomic mass is 19.1. The summed E-state index contributed by atoms with van der Waals surface area (Å²) in [6, 6.07) is 11.6. The Labute approximate surface area is 161 Å². The molecule has 28 heavy (non-hydrogen) atoms. The number of hydrogen-bond acceptors (Lipinski definition) is 4. The number of carbonyl (C=O) groups is 1. The van der Waals surface area contributed by atoms with E-state index in [1.807, 2.05) is 25.1 Å². The lowest BCUT2D eigenvalue weighted by molar-refractivity contribution is 0.0785. The van der Waals surface area contributed by atoms with Gasteiger partial charge >= 0.3 is 0 Å². The number of nitrogens with one attached hydrogen (secondary N) is 1. The van der Waals surface area contributed by atoms with E-state index in [9.17, 15) is 9.18 Å². The SMILES string of the molecule is Cc1cccc(CN(C)C(=O)c2cc(-c3cn[nH]c3)nc3ccc(F)cc23)n1. The van der Waals surface area contributed by atoms with Crippen molar-refractivity contribution in [2.75, 3.05) is 7.05 Å². The van der Waals surface area contributed by atoms with Gasteiger partial charge in [0.25, 0.3) is 5.91 Å². The predicted molar refractivity (Wildman–Crippen MR) is 104 cm³/mol. The molecule has 0 saturated heterocycles. The maximum atomic E-state index is 13.9. The lowest BCUT2D eigenvalue weighted by atomic mass is 10.0. The number of aryl methyl sites for hydroxylation is 1. The van der Waals surface area contributed by atoms with E-state index in [-0.39, 0.29) is 5.91 Å². The zero-order valence-electron chi connectivity index (χ0n) is 15.5. The van der Waals surface area contributed by atoms with Gasteiger partial charge in [-0.15, -0.1) is 0 Å². The number of carbonyl (C=O) groups excluding carboxylic acids is 1. The van der Waals surface area contributed by atoms with Gasteiger partial charge in [0.1, 0.15) is 5.82 Å². The summed E-state index contributed by atoms with van der Waals surface area (Å²) in [5, 5.41) is 7.15. The van der Waals surface area contributed by atoms with Crippen LogP contribution in [0.25, 0.3) is 22.2 Å². The molecule has 0 atom stereocenters. The second-order valence-corrected chi connectivity index (χ2v) is 6.64. The van der Waals surface area contributed by atoms with Crippen LogP contribution < -0.4 is 0 Å². The van der Waals surface area contributed by atoms with Crippen molar-refractivity contribution in [1.82, 2.24) is 25.1 Å². The molecule has 0 saturated carbocycles. The fourth-order valence-electron chi connectivity index (χ4n) is 3.12. The third-order valence-corrected chi connectivity index (χ3v) is 4.49. The number of fused-ring (bicyclic) bond motifs is 1. The number of nitrogens with zero attached hydrogens (tertiary/aromatic N) is 4. The van der Waals surface area contributed by atoms with E-state index in [0.717, 1.165) is 17.0 Å². The molecule has 0 fully saturated rings. The van der Waals surface area contributed by atoms with Crippen LogP contribution in [0.5, 0.6) is 0 Å². The summed E-state index contributed by atoms with van der Waals surface area (Å²) >= 11 is 0. The lowest BCUT2D eigenvalue weighted by Crippen LogP contribution is -2.27. The molecule has 140 valence electrons. The van der Waals surface area contributed by atoms with Gasteiger partial charge in [0.15, 0.2) is 0 Å². The Bertz CT molecular complexity index is 1160. The van der Waals surface area contributed by atoms with Crippen LogP contribution in [0.1, 0.15) is 21.7 Å². The third-order valence-electron chi connectivity index (χ3n) is 4.49. The molecule has 4 rings (SSSR count). The molecule has 7 heteroatoms. The summed E-state index contributed by atoms with van der Waals surface area (Å²) in [4.78, 5) is 23.8. The fraction of sp³-hybridized carbons (Fsp3) is 0.143. The second kappa shape index (κ2) is 7.19. The summed E-state index contributed by atoms with van der Waals surface area (Å²) < 4.78 is 13.9. The van der Waals surface area contributed by atoms with Crippen molar-refractivity contribution in [3.8, 4) is 11.3 Å². The van der Waals surface area contributed by atoms with E-state index < -0.39 is 5.82 Å². The number of halogens is 1. The standard InChI is InChI=1S/C21H18FN5O/c1-13-4-3-5-16(25-13)12-27(2)21(28)18-9-20(14-10-23-24-11-14)26-19-7-6-15(22)8-17(18)19/h3-11H,12H2,1-2H3,(H,23,24). The number of amides is 1. The van der Waals surface area contributed by atoms with E-state index in [2.05, 4.69) is 20.2 Å². The van der Waals surface area contributed by atoms with E-state index in [1.165, 1.54) is 12.1 Å². The molecule has 1 amide bonds. The van der Waals surface area contributed by atoms with Crippen LogP contribution in [0.15, 0.2) is 54.9 Å². The van der Waals surface area contributed by atoms with E-state index in [4.69, 9.17) is 0 Å². The number of aromatic amines is 1. The van der Waals surface area contributed by atoms with Crippen molar-refractivity contribution >= 4 is 16.8 Å². The molecule has 0 aliphatic rings. The molecule has 3 aromatic heterocycles. The molecule has 0 spiro atoms. The first kappa shape index (κ1) is 17.8. The number of H-pyrrole nitrogens is 1. The second-order valence-electron chi connectivity index (χ2n) is 6.64. The number of pyridine rings is 2. The summed E-state index contributed by atoms with van der Waals surface area (Å²) in [6.45, 7) is 2.25. The average molecular weight is 375 g/mol. The Balaban J connectivity index is 1.77. The number of hydrogen-bond donors (Lipinski definition) is 1. The minimum Gasteiger partial charge on any atom is -0.336 e. The largest absolute Gasteiger partial charge is 0.336 e. The number of aromatic nitrogens is 4. The van der Waals surface area contributed by atoms with Gasteiger partial charge in [-0.2, -0.15) is 5.10 Å². The number of benzene rings is 1. The van der Waals surface area contributed by atoms with Crippen molar-refractivity contribution in [3.05, 3.63) is 77.6 Å². The first-order valence-corrected chi connectivity index (χ1v) is 8.79. The third kappa shape index (κ3) is 3.46. The molecule has 0 unspecified atom stereocenters. The van der Waals surface area contributed by atoms with E-state index in [1.54, 1.807) is 36.5 Å². The van der Waals surface area contributed by atoms with Crippen LogP contribution >= 0.6 is 0 Å².